The van der Waals surface area contributed by atoms with Gasteiger partial charge in [-0.05, 0) is 51.4 Å². The maximum Gasteiger partial charge on any atom is 0.306 e. The van der Waals surface area contributed by atoms with Gasteiger partial charge in [0.1, 0.15) is 6.61 Å². The van der Waals surface area contributed by atoms with Gasteiger partial charge >= 0.3 is 11.9 Å². The molecule has 0 aromatic rings. The van der Waals surface area contributed by atoms with Crippen LogP contribution >= 0.6 is 0 Å². The van der Waals surface area contributed by atoms with E-state index < -0.39 is 6.10 Å². The van der Waals surface area contributed by atoms with Gasteiger partial charge in [0.25, 0.3) is 0 Å². The van der Waals surface area contributed by atoms with E-state index in [1.807, 2.05) is 0 Å². The molecule has 0 radical (unpaired) electrons. The second kappa shape index (κ2) is 63.2. The fraction of sp³-hybridized carbons (Fsp3) is 0.851. The Balaban J connectivity index is 3.39. The monoisotopic (exact) mass is 1010 g/mol. The summed E-state index contributed by atoms with van der Waals surface area (Å²) < 4.78 is 10.7. The molecule has 422 valence electrons. The van der Waals surface area contributed by atoms with Gasteiger partial charge in [-0.15, -0.1) is 0 Å². The molecule has 1 unspecified atom stereocenters. The zero-order chi connectivity index (χ0) is 52.0. The van der Waals surface area contributed by atoms with Crippen LogP contribution in [-0.4, -0.2) is 36.4 Å². The minimum absolute atomic E-state index is 0.0643. The Morgan fingerprint density at radius 2 is 0.597 bits per heavy atom. The van der Waals surface area contributed by atoms with Crippen molar-refractivity contribution < 1.29 is 24.2 Å². The van der Waals surface area contributed by atoms with E-state index in [4.69, 9.17) is 9.47 Å². The Bertz CT molecular complexity index is 1190. The summed E-state index contributed by atoms with van der Waals surface area (Å²) in [5.74, 6) is -0.579. The molecule has 0 spiro atoms. The summed E-state index contributed by atoms with van der Waals surface area (Å²) in [6.45, 7) is 4.07. The fourth-order valence-corrected chi connectivity index (χ4v) is 9.85. The van der Waals surface area contributed by atoms with Gasteiger partial charge in [0.15, 0.2) is 6.10 Å². The van der Waals surface area contributed by atoms with Gasteiger partial charge in [-0.3, -0.25) is 9.59 Å². The molecule has 0 amide bonds. The Hall–Kier alpha value is -2.14. The molecule has 5 heteroatoms. The zero-order valence-electron chi connectivity index (χ0n) is 48.5. The van der Waals surface area contributed by atoms with E-state index in [-0.39, 0.29) is 25.2 Å². The number of unbranched alkanes of at least 4 members (excludes halogenated alkanes) is 44. The van der Waals surface area contributed by atoms with Crippen molar-refractivity contribution in [2.75, 3.05) is 13.2 Å². The zero-order valence-corrected chi connectivity index (χ0v) is 48.5. The summed E-state index contributed by atoms with van der Waals surface area (Å²) in [5.41, 5.74) is 0. The van der Waals surface area contributed by atoms with Gasteiger partial charge in [-0.2, -0.15) is 0 Å². The van der Waals surface area contributed by atoms with Gasteiger partial charge in [-0.1, -0.05) is 332 Å². The largest absolute Gasteiger partial charge is 0.462 e. The normalized spacial score (nSPS) is 12.4. The second-order valence-corrected chi connectivity index (χ2v) is 21.8. The molecule has 1 N–H and O–H groups in total. The highest BCUT2D eigenvalue weighted by atomic mass is 16.6. The highest BCUT2D eigenvalue weighted by Gasteiger charge is 2.16. The van der Waals surface area contributed by atoms with Crippen molar-refractivity contribution in [2.24, 2.45) is 0 Å². The molecule has 0 saturated carbocycles. The van der Waals surface area contributed by atoms with Crippen molar-refractivity contribution in [1.82, 2.24) is 0 Å². The molecular formula is C67H124O5. The van der Waals surface area contributed by atoms with E-state index in [2.05, 4.69) is 62.5 Å². The molecule has 0 fully saturated rings. The van der Waals surface area contributed by atoms with Crippen LogP contribution in [0.25, 0.3) is 0 Å². The topological polar surface area (TPSA) is 72.8 Å². The molecule has 0 heterocycles. The minimum atomic E-state index is -0.775. The first-order valence-electron chi connectivity index (χ1n) is 32.2. The number of esters is 2. The molecular weight excluding hydrogens is 885 g/mol. The summed E-state index contributed by atoms with van der Waals surface area (Å²) in [7, 11) is 0. The lowest BCUT2D eigenvalue weighted by Gasteiger charge is -2.15. The van der Waals surface area contributed by atoms with Gasteiger partial charge in [-0.25, -0.2) is 0 Å². The maximum absolute atomic E-state index is 12.3. The van der Waals surface area contributed by atoms with E-state index in [1.54, 1.807) is 0 Å². The number of aliphatic hydroxyl groups is 1. The molecule has 5 nitrogen and oxygen atoms in total. The van der Waals surface area contributed by atoms with Crippen LogP contribution in [0.4, 0.5) is 0 Å². The summed E-state index contributed by atoms with van der Waals surface area (Å²) >= 11 is 0. The average molecular weight is 1010 g/mol. The summed E-state index contributed by atoms with van der Waals surface area (Å²) in [4.78, 5) is 24.6. The number of carbonyl (C=O) groups is 2. The lowest BCUT2D eigenvalue weighted by Crippen LogP contribution is -2.28. The highest BCUT2D eigenvalue weighted by molar-refractivity contribution is 5.70. The summed E-state index contributed by atoms with van der Waals surface area (Å²) in [5, 5.41) is 9.67. The van der Waals surface area contributed by atoms with Crippen LogP contribution in [-0.2, 0) is 19.1 Å². The van der Waals surface area contributed by atoms with Gasteiger partial charge in [0, 0.05) is 12.8 Å². The number of hydrogen-bond donors (Lipinski definition) is 1. The van der Waals surface area contributed by atoms with Gasteiger partial charge in [0.2, 0.25) is 0 Å². The van der Waals surface area contributed by atoms with Crippen LogP contribution in [0.2, 0.25) is 0 Å². The van der Waals surface area contributed by atoms with Crippen molar-refractivity contribution >= 4 is 11.9 Å². The van der Waals surface area contributed by atoms with Crippen LogP contribution in [0, 0.1) is 0 Å². The van der Waals surface area contributed by atoms with Crippen molar-refractivity contribution in [2.45, 2.75) is 354 Å². The molecule has 72 heavy (non-hydrogen) atoms. The molecule has 0 bridgehead atoms. The van der Waals surface area contributed by atoms with E-state index >= 15 is 0 Å². The number of carbonyl (C=O) groups excluding carboxylic acids is 2. The van der Waals surface area contributed by atoms with E-state index in [1.165, 1.54) is 257 Å². The first kappa shape index (κ1) is 69.9. The third-order valence-electron chi connectivity index (χ3n) is 14.6. The van der Waals surface area contributed by atoms with E-state index in [9.17, 15) is 14.7 Å². The van der Waals surface area contributed by atoms with Crippen LogP contribution in [0.5, 0.6) is 0 Å². The second-order valence-electron chi connectivity index (χ2n) is 21.8. The molecule has 0 aliphatic heterocycles. The van der Waals surface area contributed by atoms with Crippen molar-refractivity contribution in [1.29, 1.82) is 0 Å². The van der Waals surface area contributed by atoms with Crippen LogP contribution in [0.1, 0.15) is 348 Å². The summed E-state index contributed by atoms with van der Waals surface area (Å²) in [6, 6.07) is 0. The Morgan fingerprint density at radius 1 is 0.333 bits per heavy atom. The molecule has 1 atom stereocenters. The smallest absolute Gasteiger partial charge is 0.306 e. The van der Waals surface area contributed by atoms with Crippen LogP contribution < -0.4 is 0 Å². The predicted molar refractivity (Wildman–Crippen MR) is 316 cm³/mol. The number of allylic oxidation sites excluding steroid dienone is 8. The Kier molecular flexibility index (Phi) is 61.3. The molecule has 0 aliphatic rings. The highest BCUT2D eigenvalue weighted by Crippen LogP contribution is 2.18. The molecule has 0 aromatic heterocycles. The number of aliphatic hydroxyl groups excluding tert-OH is 1. The lowest BCUT2D eigenvalue weighted by atomic mass is 10.0. The molecule has 0 saturated heterocycles. The van der Waals surface area contributed by atoms with E-state index in [0.29, 0.717) is 12.8 Å². The fourth-order valence-electron chi connectivity index (χ4n) is 9.85. The van der Waals surface area contributed by atoms with Gasteiger partial charge in [0.05, 0.1) is 6.61 Å². The molecule has 0 aromatic carbocycles. The van der Waals surface area contributed by atoms with E-state index in [0.717, 1.165) is 64.2 Å². The average Bonchev–Trinajstić information content (AvgIpc) is 3.38. The predicted octanol–water partition coefficient (Wildman–Crippen LogP) is 22.0. The van der Waals surface area contributed by atoms with Crippen molar-refractivity contribution in [3.8, 4) is 0 Å². The Labute approximate surface area is 449 Å². The lowest BCUT2D eigenvalue weighted by molar-refractivity contribution is -0.161. The molecule has 0 rings (SSSR count). The maximum atomic E-state index is 12.3. The standard InChI is InChI=1S/C67H124O5/c1-3-5-7-9-11-13-15-17-19-21-23-25-27-28-29-30-31-32-33-34-35-36-37-38-40-41-43-45-47-49-51-53-55-57-59-61-66(69)71-64-65(63-68)72-67(70)62-60-58-56-54-52-50-48-46-44-42-39-26-24-22-20-18-16-14-12-10-8-6-4-2/h6,8,12,14,18,20,24,26,65,68H,3-5,7,9-11,13,15-17,19,21-23,25,27-64H2,1-2H3/b8-6-,14-12-,20-18-,26-24-. The third-order valence-corrected chi connectivity index (χ3v) is 14.6. The first-order chi connectivity index (χ1) is 35.6. The third kappa shape index (κ3) is 60.4. The summed E-state index contributed by atoms with van der Waals surface area (Å²) in [6.07, 6.45) is 84.2. The quantitative estimate of drug-likeness (QED) is 0.0373. The minimum Gasteiger partial charge on any atom is -0.462 e. The molecule has 0 aliphatic carbocycles. The number of hydrogen-bond acceptors (Lipinski definition) is 5. The number of rotatable bonds is 60. The first-order valence-corrected chi connectivity index (χ1v) is 32.2. The number of ether oxygens (including phenoxy) is 2. The van der Waals surface area contributed by atoms with Crippen molar-refractivity contribution in [3.63, 3.8) is 0 Å². The SMILES string of the molecule is CC/C=C\C/C=C\C/C=C\C/C=C\CCCCCCCCCCCCC(=O)OC(CO)COC(=O)CCCCCCCCCCCCCCCCCCCCCCCCCCCCCCCCCCCCC. The Morgan fingerprint density at radius 3 is 0.903 bits per heavy atom. The van der Waals surface area contributed by atoms with Crippen LogP contribution in [0.15, 0.2) is 48.6 Å². The van der Waals surface area contributed by atoms with Gasteiger partial charge < -0.3 is 14.6 Å². The van der Waals surface area contributed by atoms with Crippen molar-refractivity contribution in [3.05, 3.63) is 48.6 Å². The van der Waals surface area contributed by atoms with Crippen LogP contribution in [0.3, 0.4) is 0 Å².